The van der Waals surface area contributed by atoms with Crippen LogP contribution in [0.25, 0.3) is 11.0 Å². The highest BCUT2D eigenvalue weighted by atomic mass is 32.2. The Kier molecular flexibility index (Phi) is 5.72. The fourth-order valence-electron chi connectivity index (χ4n) is 2.88. The summed E-state index contributed by atoms with van der Waals surface area (Å²) in [7, 11) is -3.78. The molecule has 1 aliphatic rings. The van der Waals surface area contributed by atoms with Crippen molar-refractivity contribution < 1.29 is 18.0 Å². The van der Waals surface area contributed by atoms with Crippen molar-refractivity contribution in [2.45, 2.75) is 36.4 Å². The molecular weight excluding hydrogens is 390 g/mol. The predicted molar refractivity (Wildman–Crippen MR) is 102 cm³/mol. The van der Waals surface area contributed by atoms with E-state index in [1.165, 1.54) is 28.8 Å². The summed E-state index contributed by atoms with van der Waals surface area (Å²) >= 11 is 1.51. The molecular formula is C16H21N5O4S2. The average molecular weight is 412 g/mol. The highest BCUT2D eigenvalue weighted by Crippen LogP contribution is 2.26. The fourth-order valence-corrected chi connectivity index (χ4v) is 4.38. The molecule has 2 heterocycles. The zero-order valence-electron chi connectivity index (χ0n) is 14.8. The Balaban J connectivity index is 1.73. The van der Waals surface area contributed by atoms with Crippen LogP contribution in [0.3, 0.4) is 0 Å². The van der Waals surface area contributed by atoms with Crippen LogP contribution in [-0.2, 0) is 21.4 Å². The molecule has 11 heteroatoms. The first kappa shape index (κ1) is 19.6. The molecule has 0 bridgehead atoms. The number of aryl methyl sites for hydroxylation is 1. The Bertz CT molecular complexity index is 970. The molecule has 0 saturated carbocycles. The van der Waals surface area contributed by atoms with E-state index in [4.69, 9.17) is 5.14 Å². The molecule has 1 aliphatic heterocycles. The number of nitrogens with zero attached hydrogens (tertiary/aromatic N) is 3. The molecule has 0 unspecified atom stereocenters. The van der Waals surface area contributed by atoms with Gasteiger partial charge in [-0.1, -0.05) is 18.7 Å². The van der Waals surface area contributed by atoms with Gasteiger partial charge in [-0.05, 0) is 31.0 Å². The summed E-state index contributed by atoms with van der Waals surface area (Å²) in [4.78, 5) is 28.9. The van der Waals surface area contributed by atoms with Gasteiger partial charge < -0.3 is 9.88 Å². The summed E-state index contributed by atoms with van der Waals surface area (Å²) < 4.78 is 25.2. The molecule has 0 atom stereocenters. The molecule has 9 nitrogen and oxygen atoms in total. The van der Waals surface area contributed by atoms with Crippen LogP contribution in [0.4, 0.5) is 4.79 Å². The minimum absolute atomic E-state index is 0.0336. The summed E-state index contributed by atoms with van der Waals surface area (Å²) in [6.07, 6.45) is 1.54. The lowest BCUT2D eigenvalue weighted by molar-refractivity contribution is -0.124. The van der Waals surface area contributed by atoms with E-state index >= 15 is 0 Å². The Morgan fingerprint density at radius 1 is 1.30 bits per heavy atom. The van der Waals surface area contributed by atoms with Crippen LogP contribution in [-0.4, -0.2) is 53.6 Å². The second-order valence-corrected chi connectivity index (χ2v) is 8.77. The van der Waals surface area contributed by atoms with Gasteiger partial charge in [0, 0.05) is 18.8 Å². The van der Waals surface area contributed by atoms with Crippen LogP contribution in [0.1, 0.15) is 19.8 Å². The van der Waals surface area contributed by atoms with E-state index in [1.807, 2.05) is 4.57 Å². The third kappa shape index (κ3) is 4.25. The number of hydrogen-bond donors (Lipinski definition) is 2. The Labute approximate surface area is 161 Å². The fraction of sp³-hybridized carbons (Fsp3) is 0.438. The largest absolute Gasteiger partial charge is 0.329 e. The topological polar surface area (TPSA) is 127 Å². The van der Waals surface area contributed by atoms with Gasteiger partial charge in [0.2, 0.25) is 15.9 Å². The molecule has 146 valence electrons. The van der Waals surface area contributed by atoms with Crippen molar-refractivity contribution in [3.8, 4) is 0 Å². The van der Waals surface area contributed by atoms with E-state index in [1.54, 1.807) is 6.07 Å². The summed E-state index contributed by atoms with van der Waals surface area (Å²) in [6.45, 7) is 3.23. The number of sulfonamides is 1. The number of imide groups is 1. The molecule has 0 radical (unpaired) electrons. The minimum Gasteiger partial charge on any atom is -0.329 e. The number of amides is 3. The molecule has 3 amide bonds. The summed E-state index contributed by atoms with van der Waals surface area (Å²) in [5, 5.41) is 8.47. The second kappa shape index (κ2) is 7.87. The van der Waals surface area contributed by atoms with Crippen molar-refractivity contribution in [2.24, 2.45) is 5.14 Å². The maximum absolute atomic E-state index is 11.6. The normalized spacial score (nSPS) is 15.0. The number of nitrogens with one attached hydrogen (secondary N) is 1. The molecule has 2 aromatic rings. The van der Waals surface area contributed by atoms with Gasteiger partial charge in [0.25, 0.3) is 0 Å². The number of benzene rings is 1. The summed E-state index contributed by atoms with van der Waals surface area (Å²) in [5.74, 6) is 0.463. The standard InChI is InChI=1S/C16H21N5O4S2/c1-2-6-20-13-5-4-11(27(17,24)25)9-12(13)19-16(20)26-8-3-7-21-14(22)10-18-15(21)23/h4-5,9H,2-3,6-8,10H2,1H3,(H,18,23)(H2,17,24,25). The van der Waals surface area contributed by atoms with E-state index in [9.17, 15) is 18.0 Å². The maximum atomic E-state index is 11.6. The molecule has 0 aliphatic carbocycles. The quantitative estimate of drug-likeness (QED) is 0.381. The van der Waals surface area contributed by atoms with Crippen LogP contribution in [0.5, 0.6) is 0 Å². The van der Waals surface area contributed by atoms with E-state index in [-0.39, 0.29) is 23.4 Å². The van der Waals surface area contributed by atoms with E-state index in [0.717, 1.165) is 23.6 Å². The molecule has 3 N–H and O–H groups in total. The number of imidazole rings is 1. The zero-order chi connectivity index (χ0) is 19.6. The molecule has 27 heavy (non-hydrogen) atoms. The lowest BCUT2D eigenvalue weighted by Crippen LogP contribution is -2.32. The molecule has 1 aromatic heterocycles. The number of thioether (sulfide) groups is 1. The smallest absolute Gasteiger partial charge is 0.324 e. The molecule has 1 fully saturated rings. The van der Waals surface area contributed by atoms with Crippen LogP contribution >= 0.6 is 11.8 Å². The van der Waals surface area contributed by atoms with Crippen LogP contribution in [0.2, 0.25) is 0 Å². The maximum Gasteiger partial charge on any atom is 0.324 e. The van der Waals surface area contributed by atoms with Gasteiger partial charge in [-0.15, -0.1) is 0 Å². The third-order valence-corrected chi connectivity index (χ3v) is 6.13. The number of aromatic nitrogens is 2. The third-order valence-electron chi connectivity index (χ3n) is 4.15. The SMILES string of the molecule is CCCn1c(SCCCN2C(=O)CNC2=O)nc2cc(S(N)(=O)=O)ccc21. The van der Waals surface area contributed by atoms with Crippen LogP contribution < -0.4 is 10.5 Å². The minimum atomic E-state index is -3.78. The number of urea groups is 1. The number of carbonyl (C=O) groups excluding carboxylic acids is 2. The monoisotopic (exact) mass is 411 g/mol. The zero-order valence-corrected chi connectivity index (χ0v) is 16.5. The van der Waals surface area contributed by atoms with Gasteiger partial charge >= 0.3 is 6.03 Å². The van der Waals surface area contributed by atoms with Crippen molar-refractivity contribution in [3.05, 3.63) is 18.2 Å². The van der Waals surface area contributed by atoms with Gasteiger partial charge in [0.05, 0.1) is 22.5 Å². The number of nitrogens with two attached hydrogens (primary N) is 1. The highest BCUT2D eigenvalue weighted by Gasteiger charge is 2.27. The van der Waals surface area contributed by atoms with Gasteiger partial charge in [-0.25, -0.2) is 23.3 Å². The number of hydrogen-bond acceptors (Lipinski definition) is 6. The van der Waals surface area contributed by atoms with E-state index in [0.29, 0.717) is 24.2 Å². The Morgan fingerprint density at radius 2 is 2.07 bits per heavy atom. The second-order valence-electron chi connectivity index (χ2n) is 6.15. The van der Waals surface area contributed by atoms with Crippen molar-refractivity contribution in [1.82, 2.24) is 19.8 Å². The number of fused-ring (bicyclic) bond motifs is 1. The first-order valence-corrected chi connectivity index (χ1v) is 11.1. The first-order valence-electron chi connectivity index (χ1n) is 8.55. The van der Waals surface area contributed by atoms with Gasteiger partial charge in [-0.3, -0.25) is 9.69 Å². The predicted octanol–water partition coefficient (Wildman–Crippen LogP) is 1.13. The first-order chi connectivity index (χ1) is 12.8. The van der Waals surface area contributed by atoms with Crippen molar-refractivity contribution in [3.63, 3.8) is 0 Å². The van der Waals surface area contributed by atoms with Crippen LogP contribution in [0, 0.1) is 0 Å². The lowest BCUT2D eigenvalue weighted by atomic mass is 10.3. The molecule has 0 spiro atoms. The van der Waals surface area contributed by atoms with Crippen molar-refractivity contribution >= 4 is 44.8 Å². The molecule has 1 saturated heterocycles. The number of carbonyl (C=O) groups is 2. The Morgan fingerprint density at radius 3 is 2.70 bits per heavy atom. The Hall–Kier alpha value is -2.11. The van der Waals surface area contributed by atoms with E-state index < -0.39 is 10.0 Å². The molecule has 1 aromatic carbocycles. The average Bonchev–Trinajstić information content (AvgIpc) is 3.11. The molecule has 3 rings (SSSR count). The summed E-state index contributed by atoms with van der Waals surface area (Å²) in [5.41, 5.74) is 1.42. The summed E-state index contributed by atoms with van der Waals surface area (Å²) in [6, 6.07) is 4.33. The number of primary sulfonamides is 1. The van der Waals surface area contributed by atoms with E-state index in [2.05, 4.69) is 17.2 Å². The highest BCUT2D eigenvalue weighted by molar-refractivity contribution is 7.99. The van der Waals surface area contributed by atoms with Gasteiger partial charge in [-0.2, -0.15) is 0 Å². The van der Waals surface area contributed by atoms with Gasteiger partial charge in [0.1, 0.15) is 0 Å². The van der Waals surface area contributed by atoms with Crippen molar-refractivity contribution in [1.29, 1.82) is 0 Å². The lowest BCUT2D eigenvalue weighted by Gasteiger charge is -2.12. The number of rotatable bonds is 8. The van der Waals surface area contributed by atoms with Gasteiger partial charge in [0.15, 0.2) is 5.16 Å². The van der Waals surface area contributed by atoms with Crippen molar-refractivity contribution in [2.75, 3.05) is 18.8 Å². The van der Waals surface area contributed by atoms with Crippen LogP contribution in [0.15, 0.2) is 28.3 Å².